The summed E-state index contributed by atoms with van der Waals surface area (Å²) in [4.78, 5) is 13.6. The van der Waals surface area contributed by atoms with Crippen molar-refractivity contribution in [3.05, 3.63) is 40.7 Å². The molecular weight excluding hydrogens is 376 g/mol. The fraction of sp³-hybridized carbons (Fsp3) is 0.133. The number of carboxylic acid groups (broad SMARTS) is 1. The Labute approximate surface area is 148 Å². The molecule has 0 unspecified atom stereocenters. The third-order valence-corrected chi connectivity index (χ3v) is 4.49. The van der Waals surface area contributed by atoms with E-state index < -0.39 is 12.1 Å². The average Bonchev–Trinajstić information content (AvgIpc) is 2.54. The first-order valence-corrected chi connectivity index (χ1v) is 7.61. The number of fused-ring (bicyclic) bond motifs is 2. The normalized spacial score (nSPS) is 12.1. The van der Waals surface area contributed by atoms with E-state index in [9.17, 15) is 17.6 Å². The molecule has 0 spiro atoms. The summed E-state index contributed by atoms with van der Waals surface area (Å²) in [5, 5.41) is 16.7. The molecule has 1 aliphatic rings. The van der Waals surface area contributed by atoms with Gasteiger partial charge in [-0.15, -0.1) is 0 Å². The Balaban J connectivity index is 0.000000298. The molecule has 0 amide bonds. The summed E-state index contributed by atoms with van der Waals surface area (Å²) < 4.78 is 45.5. The smallest absolute Gasteiger partial charge is 0.475 e. The number of nitrogen functional groups attached to an aromatic ring is 2. The van der Waals surface area contributed by atoms with E-state index in [2.05, 4.69) is 4.98 Å². The number of benzene rings is 1. The first-order valence-electron chi connectivity index (χ1n) is 6.79. The number of nitrogens with zero attached hydrogens (tertiary/aromatic N) is 2. The number of aliphatic carboxylic acids is 1. The molecule has 3 rings (SSSR count). The van der Waals surface area contributed by atoms with Crippen LogP contribution in [0, 0.1) is 17.1 Å². The number of halogens is 4. The minimum absolute atomic E-state index is 0.0889. The number of carboxylic acids is 1. The molecule has 0 fully saturated rings. The van der Waals surface area contributed by atoms with Crippen molar-refractivity contribution < 1.29 is 27.5 Å². The molecule has 6 nitrogen and oxygen atoms in total. The highest BCUT2D eigenvalue weighted by atomic mass is 32.2. The molecule has 0 radical (unpaired) electrons. The molecule has 0 saturated heterocycles. The highest BCUT2D eigenvalue weighted by molar-refractivity contribution is 7.99. The van der Waals surface area contributed by atoms with E-state index in [0.29, 0.717) is 22.0 Å². The monoisotopic (exact) mass is 386 g/mol. The van der Waals surface area contributed by atoms with Gasteiger partial charge in [0.15, 0.2) is 0 Å². The van der Waals surface area contributed by atoms with Gasteiger partial charge in [0.05, 0.1) is 10.6 Å². The third kappa shape index (κ3) is 3.80. The number of carbonyl (C=O) groups is 1. The summed E-state index contributed by atoms with van der Waals surface area (Å²) in [6, 6.07) is 6.87. The second-order valence-corrected chi connectivity index (χ2v) is 5.99. The number of hydrogen-bond acceptors (Lipinski definition) is 6. The lowest BCUT2D eigenvalue weighted by atomic mass is 10.0. The van der Waals surface area contributed by atoms with Crippen molar-refractivity contribution in [2.75, 3.05) is 11.5 Å². The lowest BCUT2D eigenvalue weighted by Gasteiger charge is -2.21. The lowest BCUT2D eigenvalue weighted by Crippen LogP contribution is -2.21. The first kappa shape index (κ1) is 19.3. The summed E-state index contributed by atoms with van der Waals surface area (Å²) in [6.45, 7) is 0. The highest BCUT2D eigenvalue weighted by Crippen LogP contribution is 2.43. The van der Waals surface area contributed by atoms with Crippen molar-refractivity contribution in [3.8, 4) is 6.07 Å². The summed E-state index contributed by atoms with van der Waals surface area (Å²) in [5.41, 5.74) is 13.8. The molecule has 0 aliphatic carbocycles. The van der Waals surface area contributed by atoms with Crippen LogP contribution in [0.5, 0.6) is 0 Å². The van der Waals surface area contributed by atoms with Crippen LogP contribution in [0.2, 0.25) is 0 Å². The molecule has 1 aliphatic heterocycles. The van der Waals surface area contributed by atoms with Crippen LogP contribution in [0.3, 0.4) is 0 Å². The van der Waals surface area contributed by atoms with Crippen molar-refractivity contribution in [1.29, 1.82) is 5.26 Å². The Hall–Kier alpha value is -3.00. The Bertz CT molecular complexity index is 925. The zero-order chi connectivity index (χ0) is 19.6. The number of nitriles is 1. The predicted molar refractivity (Wildman–Crippen MR) is 84.8 cm³/mol. The van der Waals surface area contributed by atoms with Crippen molar-refractivity contribution >= 4 is 29.2 Å². The molecule has 1 aromatic carbocycles. The lowest BCUT2D eigenvalue weighted by molar-refractivity contribution is -0.192. The zero-order valence-electron chi connectivity index (χ0n) is 12.8. The number of rotatable bonds is 0. The van der Waals surface area contributed by atoms with Crippen molar-refractivity contribution in [3.63, 3.8) is 0 Å². The van der Waals surface area contributed by atoms with Crippen LogP contribution in [0.1, 0.15) is 16.7 Å². The quantitative estimate of drug-likeness (QED) is 0.507. The van der Waals surface area contributed by atoms with Crippen LogP contribution in [0.25, 0.3) is 0 Å². The van der Waals surface area contributed by atoms with Crippen LogP contribution < -0.4 is 11.5 Å². The number of pyridine rings is 1. The number of hydrogen-bond donors (Lipinski definition) is 3. The fourth-order valence-corrected chi connectivity index (χ4v) is 3.18. The predicted octanol–water partition coefficient (Wildman–Crippen LogP) is 2.95. The van der Waals surface area contributed by atoms with Crippen LogP contribution in [-0.2, 0) is 11.2 Å². The Morgan fingerprint density at radius 2 is 1.96 bits per heavy atom. The van der Waals surface area contributed by atoms with E-state index in [0.717, 1.165) is 11.1 Å². The summed E-state index contributed by atoms with van der Waals surface area (Å²) in [7, 11) is 0. The SMILES string of the molecule is N#Cc1c(N)nc2c(c1N)Cc1cccc(F)c1S2.O=C(O)C(F)(F)F. The second kappa shape index (κ2) is 7.09. The van der Waals surface area contributed by atoms with Crippen molar-refractivity contribution in [1.82, 2.24) is 4.98 Å². The summed E-state index contributed by atoms with van der Waals surface area (Å²) >= 11 is 1.20. The summed E-state index contributed by atoms with van der Waals surface area (Å²) in [5.74, 6) is -2.95. The number of aromatic nitrogens is 1. The van der Waals surface area contributed by atoms with Crippen LogP contribution in [0.15, 0.2) is 28.1 Å². The number of nitrogens with two attached hydrogens (primary N) is 2. The molecule has 26 heavy (non-hydrogen) atoms. The van der Waals surface area contributed by atoms with Crippen LogP contribution >= 0.6 is 11.8 Å². The van der Waals surface area contributed by atoms with Gasteiger partial charge in [0.1, 0.15) is 28.3 Å². The highest BCUT2D eigenvalue weighted by Gasteiger charge is 2.38. The molecule has 136 valence electrons. The van der Waals surface area contributed by atoms with E-state index in [-0.39, 0.29) is 17.2 Å². The van der Waals surface area contributed by atoms with Crippen molar-refractivity contribution in [2.45, 2.75) is 22.5 Å². The van der Waals surface area contributed by atoms with Gasteiger partial charge in [-0.3, -0.25) is 0 Å². The van der Waals surface area contributed by atoms with Gasteiger partial charge in [0.2, 0.25) is 0 Å². The Kier molecular flexibility index (Phi) is 5.27. The van der Waals surface area contributed by atoms with Crippen LogP contribution in [0.4, 0.5) is 29.1 Å². The molecule has 0 atom stereocenters. The fourth-order valence-electron chi connectivity index (χ4n) is 2.10. The number of alkyl halides is 3. The van der Waals surface area contributed by atoms with Gasteiger partial charge < -0.3 is 16.6 Å². The molecule has 0 bridgehead atoms. The van der Waals surface area contributed by atoms with E-state index in [1.807, 2.05) is 12.1 Å². The van der Waals surface area contributed by atoms with E-state index in [1.165, 1.54) is 17.8 Å². The van der Waals surface area contributed by atoms with Gasteiger partial charge in [-0.05, 0) is 11.6 Å². The summed E-state index contributed by atoms with van der Waals surface area (Å²) in [6.07, 6.45) is -4.62. The van der Waals surface area contributed by atoms with E-state index >= 15 is 0 Å². The topological polar surface area (TPSA) is 126 Å². The third-order valence-electron chi connectivity index (χ3n) is 3.30. The largest absolute Gasteiger partial charge is 0.490 e. The molecule has 5 N–H and O–H groups in total. The maximum Gasteiger partial charge on any atom is 0.490 e. The molecule has 2 aromatic rings. The zero-order valence-corrected chi connectivity index (χ0v) is 13.6. The van der Waals surface area contributed by atoms with Gasteiger partial charge in [-0.25, -0.2) is 14.2 Å². The maximum atomic E-state index is 13.7. The van der Waals surface area contributed by atoms with E-state index in [1.54, 1.807) is 6.07 Å². The van der Waals surface area contributed by atoms with Gasteiger partial charge in [0.25, 0.3) is 0 Å². The number of anilines is 2. The minimum Gasteiger partial charge on any atom is -0.475 e. The molecule has 0 saturated carbocycles. The molecular formula is C15H10F4N4O2S. The molecule has 1 aromatic heterocycles. The van der Waals surface area contributed by atoms with Gasteiger partial charge in [0, 0.05) is 12.0 Å². The maximum absolute atomic E-state index is 13.7. The van der Waals surface area contributed by atoms with Gasteiger partial charge >= 0.3 is 12.1 Å². The van der Waals surface area contributed by atoms with Crippen molar-refractivity contribution in [2.24, 2.45) is 0 Å². The first-order chi connectivity index (χ1) is 12.1. The standard InChI is InChI=1S/C13H9FN4S.C2HF3O2/c14-9-3-1-2-6-4-7-10(16)8(5-15)12(17)18-13(7)19-11(6)9;3-2(4,5)1(6)7/h1-3H,4H2,(H4,16,17,18);(H,6,7). The van der Waals surface area contributed by atoms with Gasteiger partial charge in [-0.2, -0.15) is 18.4 Å². The Morgan fingerprint density at radius 1 is 1.35 bits per heavy atom. The van der Waals surface area contributed by atoms with Crippen LogP contribution in [-0.4, -0.2) is 22.2 Å². The second-order valence-electron chi connectivity index (χ2n) is 4.99. The minimum atomic E-state index is -5.08. The van der Waals surface area contributed by atoms with Gasteiger partial charge in [-0.1, -0.05) is 23.9 Å². The molecule has 11 heteroatoms. The molecule has 2 heterocycles. The Morgan fingerprint density at radius 3 is 2.50 bits per heavy atom. The average molecular weight is 386 g/mol. The van der Waals surface area contributed by atoms with E-state index in [4.69, 9.17) is 26.6 Å².